The van der Waals surface area contributed by atoms with Crippen LogP contribution < -0.4 is 10.1 Å². The second-order valence-corrected chi connectivity index (χ2v) is 6.13. The van der Waals surface area contributed by atoms with E-state index < -0.39 is 0 Å². The maximum Gasteiger partial charge on any atom is 0.317 e. The van der Waals surface area contributed by atoms with E-state index in [1.807, 2.05) is 35.2 Å². The molecule has 2 heterocycles. The Morgan fingerprint density at radius 1 is 1.43 bits per heavy atom. The molecule has 1 aliphatic rings. The SMILES string of the molecule is CC1CCCN(C(=O)NCCOc2ccc3ncccc3c2)C1. The molecular weight excluding hydrogens is 290 g/mol. The van der Waals surface area contributed by atoms with Gasteiger partial charge in [-0.15, -0.1) is 0 Å². The third-order valence-electron chi connectivity index (χ3n) is 4.17. The summed E-state index contributed by atoms with van der Waals surface area (Å²) in [5, 5.41) is 3.98. The number of likely N-dealkylation sites (tertiary alicyclic amines) is 1. The minimum Gasteiger partial charge on any atom is -0.492 e. The van der Waals surface area contributed by atoms with Crippen LogP contribution in [0.1, 0.15) is 19.8 Å². The number of urea groups is 1. The Morgan fingerprint density at radius 3 is 3.22 bits per heavy atom. The molecule has 1 fully saturated rings. The zero-order valence-electron chi connectivity index (χ0n) is 13.5. The van der Waals surface area contributed by atoms with Gasteiger partial charge in [-0.3, -0.25) is 4.98 Å². The summed E-state index contributed by atoms with van der Waals surface area (Å²) in [5.41, 5.74) is 0.951. The molecule has 0 radical (unpaired) electrons. The molecule has 0 spiro atoms. The molecule has 5 nitrogen and oxygen atoms in total. The van der Waals surface area contributed by atoms with Gasteiger partial charge in [0.25, 0.3) is 0 Å². The number of pyridine rings is 1. The number of fused-ring (bicyclic) bond motifs is 1. The molecule has 3 rings (SSSR count). The van der Waals surface area contributed by atoms with Crippen LogP contribution in [0.2, 0.25) is 0 Å². The first-order valence-electron chi connectivity index (χ1n) is 8.23. The van der Waals surface area contributed by atoms with Gasteiger partial charge in [-0.05, 0) is 43.0 Å². The first-order valence-corrected chi connectivity index (χ1v) is 8.23. The van der Waals surface area contributed by atoms with Gasteiger partial charge < -0.3 is 15.0 Å². The molecule has 1 aromatic heterocycles. The van der Waals surface area contributed by atoms with E-state index in [-0.39, 0.29) is 6.03 Å². The summed E-state index contributed by atoms with van der Waals surface area (Å²) in [5.74, 6) is 1.39. The Bertz CT molecular complexity index is 674. The maximum atomic E-state index is 12.1. The van der Waals surface area contributed by atoms with Crippen molar-refractivity contribution in [3.63, 3.8) is 0 Å². The smallest absolute Gasteiger partial charge is 0.317 e. The molecule has 0 bridgehead atoms. The van der Waals surface area contributed by atoms with Crippen molar-refractivity contribution < 1.29 is 9.53 Å². The Balaban J connectivity index is 1.44. The summed E-state index contributed by atoms with van der Waals surface area (Å²) < 4.78 is 5.71. The number of carbonyl (C=O) groups is 1. The fourth-order valence-corrected chi connectivity index (χ4v) is 2.96. The molecule has 0 saturated carbocycles. The van der Waals surface area contributed by atoms with Crippen LogP contribution in [0.4, 0.5) is 4.79 Å². The minimum absolute atomic E-state index is 0.0165. The fraction of sp³-hybridized carbons (Fsp3) is 0.444. The largest absolute Gasteiger partial charge is 0.492 e. The number of hydrogen-bond acceptors (Lipinski definition) is 3. The summed E-state index contributed by atoms with van der Waals surface area (Å²) >= 11 is 0. The maximum absolute atomic E-state index is 12.1. The summed E-state index contributed by atoms with van der Waals surface area (Å²) in [6.07, 6.45) is 4.08. The molecule has 2 aromatic rings. The van der Waals surface area contributed by atoms with Crippen LogP contribution in [0, 0.1) is 5.92 Å². The summed E-state index contributed by atoms with van der Waals surface area (Å²) in [7, 11) is 0. The van der Waals surface area contributed by atoms with Crippen molar-refractivity contribution in [2.45, 2.75) is 19.8 Å². The Labute approximate surface area is 136 Å². The van der Waals surface area contributed by atoms with E-state index >= 15 is 0 Å². The molecule has 23 heavy (non-hydrogen) atoms. The van der Waals surface area contributed by atoms with Crippen LogP contribution in [0.25, 0.3) is 10.9 Å². The molecule has 1 aromatic carbocycles. The van der Waals surface area contributed by atoms with Crippen LogP contribution in [-0.4, -0.2) is 42.2 Å². The van der Waals surface area contributed by atoms with Gasteiger partial charge in [-0.2, -0.15) is 0 Å². The number of nitrogens with zero attached hydrogens (tertiary/aromatic N) is 2. The molecule has 122 valence electrons. The van der Waals surface area contributed by atoms with Gasteiger partial charge in [0.2, 0.25) is 0 Å². The first-order chi connectivity index (χ1) is 11.2. The summed E-state index contributed by atoms with van der Waals surface area (Å²) in [6, 6.07) is 9.75. The quantitative estimate of drug-likeness (QED) is 0.883. The van der Waals surface area contributed by atoms with Gasteiger partial charge in [0, 0.05) is 24.7 Å². The van der Waals surface area contributed by atoms with E-state index in [1.165, 1.54) is 6.42 Å². The number of hydrogen-bond donors (Lipinski definition) is 1. The number of ether oxygens (including phenoxy) is 1. The average Bonchev–Trinajstić information content (AvgIpc) is 2.58. The van der Waals surface area contributed by atoms with E-state index in [2.05, 4.69) is 17.2 Å². The van der Waals surface area contributed by atoms with Crippen molar-refractivity contribution in [2.75, 3.05) is 26.2 Å². The van der Waals surface area contributed by atoms with E-state index in [1.54, 1.807) is 6.20 Å². The molecular formula is C18H23N3O2. The first kappa shape index (κ1) is 15.6. The van der Waals surface area contributed by atoms with Gasteiger partial charge in [-0.25, -0.2) is 4.79 Å². The monoisotopic (exact) mass is 313 g/mol. The van der Waals surface area contributed by atoms with Gasteiger partial charge in [0.15, 0.2) is 0 Å². The predicted octanol–water partition coefficient (Wildman–Crippen LogP) is 3.06. The molecule has 1 saturated heterocycles. The lowest BCUT2D eigenvalue weighted by Crippen LogP contribution is -2.45. The van der Waals surface area contributed by atoms with Crippen molar-refractivity contribution in [3.8, 4) is 5.75 Å². The van der Waals surface area contributed by atoms with Crippen molar-refractivity contribution in [1.29, 1.82) is 0 Å². The van der Waals surface area contributed by atoms with Crippen LogP contribution in [-0.2, 0) is 0 Å². The molecule has 2 amide bonds. The van der Waals surface area contributed by atoms with Crippen LogP contribution in [0.3, 0.4) is 0 Å². The number of piperidine rings is 1. The van der Waals surface area contributed by atoms with Gasteiger partial charge >= 0.3 is 6.03 Å². The average molecular weight is 313 g/mol. The van der Waals surface area contributed by atoms with E-state index in [0.717, 1.165) is 36.2 Å². The lowest BCUT2D eigenvalue weighted by Gasteiger charge is -2.30. The van der Waals surface area contributed by atoms with Gasteiger partial charge in [-0.1, -0.05) is 13.0 Å². The third-order valence-corrected chi connectivity index (χ3v) is 4.17. The highest BCUT2D eigenvalue weighted by Gasteiger charge is 2.20. The van der Waals surface area contributed by atoms with Gasteiger partial charge in [0.05, 0.1) is 12.1 Å². The zero-order valence-corrected chi connectivity index (χ0v) is 13.5. The fourth-order valence-electron chi connectivity index (χ4n) is 2.96. The summed E-state index contributed by atoms with van der Waals surface area (Å²) in [4.78, 5) is 18.3. The topological polar surface area (TPSA) is 54.5 Å². The molecule has 0 aliphatic carbocycles. The number of rotatable bonds is 4. The number of benzene rings is 1. The molecule has 1 aliphatic heterocycles. The number of amides is 2. The van der Waals surface area contributed by atoms with E-state index in [9.17, 15) is 4.79 Å². The lowest BCUT2D eigenvalue weighted by atomic mass is 10.0. The molecule has 1 atom stereocenters. The van der Waals surface area contributed by atoms with Crippen LogP contribution in [0.5, 0.6) is 5.75 Å². The highest BCUT2D eigenvalue weighted by Crippen LogP contribution is 2.18. The zero-order chi connectivity index (χ0) is 16.1. The van der Waals surface area contributed by atoms with Crippen molar-refractivity contribution >= 4 is 16.9 Å². The molecule has 5 heteroatoms. The normalized spacial score (nSPS) is 18.0. The Morgan fingerprint density at radius 2 is 2.35 bits per heavy atom. The second kappa shape index (κ2) is 7.31. The van der Waals surface area contributed by atoms with Crippen molar-refractivity contribution in [3.05, 3.63) is 36.5 Å². The van der Waals surface area contributed by atoms with Crippen LogP contribution >= 0.6 is 0 Å². The second-order valence-electron chi connectivity index (χ2n) is 6.13. The summed E-state index contributed by atoms with van der Waals surface area (Å²) in [6.45, 7) is 4.87. The van der Waals surface area contributed by atoms with Crippen LogP contribution in [0.15, 0.2) is 36.5 Å². The number of nitrogens with one attached hydrogen (secondary N) is 1. The minimum atomic E-state index is 0.0165. The molecule has 1 unspecified atom stereocenters. The third kappa shape index (κ3) is 4.12. The predicted molar refractivity (Wildman–Crippen MR) is 90.6 cm³/mol. The number of carbonyl (C=O) groups excluding carboxylic acids is 1. The Hall–Kier alpha value is -2.30. The molecule has 1 N–H and O–H groups in total. The number of aromatic nitrogens is 1. The van der Waals surface area contributed by atoms with E-state index in [4.69, 9.17) is 4.74 Å². The Kier molecular flexibility index (Phi) is 4.95. The van der Waals surface area contributed by atoms with Gasteiger partial charge in [0.1, 0.15) is 12.4 Å². The van der Waals surface area contributed by atoms with Crippen molar-refractivity contribution in [2.24, 2.45) is 5.92 Å². The highest BCUT2D eigenvalue weighted by molar-refractivity contribution is 5.79. The standard InChI is InChI=1S/C18H23N3O2/c1-14-4-3-10-21(13-14)18(22)20-9-11-23-16-6-7-17-15(12-16)5-2-8-19-17/h2,5-8,12,14H,3-4,9-11,13H2,1H3,(H,20,22). The van der Waals surface area contributed by atoms with Crippen molar-refractivity contribution in [1.82, 2.24) is 15.2 Å². The van der Waals surface area contributed by atoms with E-state index in [0.29, 0.717) is 19.1 Å². The highest BCUT2D eigenvalue weighted by atomic mass is 16.5. The lowest BCUT2D eigenvalue weighted by molar-refractivity contribution is 0.168.